The quantitative estimate of drug-likeness (QED) is 0.762. The third kappa shape index (κ3) is 4.28. The molecule has 4 nitrogen and oxygen atoms in total. The van der Waals surface area contributed by atoms with Crippen molar-refractivity contribution in [3.63, 3.8) is 0 Å². The van der Waals surface area contributed by atoms with Crippen LogP contribution in [0.5, 0.6) is 0 Å². The standard InChI is InChI=1S/C13H26N2O2/c1-10(2)6-15(11(3)4)12(16)7-17-13(5)8-14-9-13/h10-11,14H,6-9H2,1-5H3. The van der Waals surface area contributed by atoms with E-state index in [0.717, 1.165) is 19.6 Å². The van der Waals surface area contributed by atoms with Crippen LogP contribution in [0, 0.1) is 5.92 Å². The molecule has 100 valence electrons. The maximum Gasteiger partial charge on any atom is 0.248 e. The lowest BCUT2D eigenvalue weighted by molar-refractivity contribution is -0.148. The summed E-state index contributed by atoms with van der Waals surface area (Å²) in [5.41, 5.74) is -0.143. The Bertz CT molecular complexity index is 260. The van der Waals surface area contributed by atoms with Gasteiger partial charge in [-0.2, -0.15) is 0 Å². The molecule has 1 heterocycles. The van der Waals surface area contributed by atoms with Crippen LogP contribution in [-0.2, 0) is 9.53 Å². The van der Waals surface area contributed by atoms with Gasteiger partial charge in [-0.05, 0) is 26.7 Å². The van der Waals surface area contributed by atoms with Crippen LogP contribution in [0.2, 0.25) is 0 Å². The zero-order chi connectivity index (χ0) is 13.1. The second kappa shape index (κ2) is 5.83. The van der Waals surface area contributed by atoms with Crippen molar-refractivity contribution < 1.29 is 9.53 Å². The summed E-state index contributed by atoms with van der Waals surface area (Å²) in [7, 11) is 0. The molecular weight excluding hydrogens is 216 g/mol. The van der Waals surface area contributed by atoms with Gasteiger partial charge < -0.3 is 15.0 Å². The van der Waals surface area contributed by atoms with Gasteiger partial charge in [0, 0.05) is 25.7 Å². The summed E-state index contributed by atoms with van der Waals surface area (Å²) in [6, 6.07) is 0.237. The number of hydrogen-bond acceptors (Lipinski definition) is 3. The Labute approximate surface area is 105 Å². The minimum atomic E-state index is -0.143. The first kappa shape index (κ1) is 14.5. The molecule has 0 aromatic rings. The van der Waals surface area contributed by atoms with Crippen molar-refractivity contribution >= 4 is 5.91 Å². The molecule has 4 heteroatoms. The summed E-state index contributed by atoms with van der Waals surface area (Å²) in [5, 5.41) is 3.16. The largest absolute Gasteiger partial charge is 0.363 e. The van der Waals surface area contributed by atoms with Crippen LogP contribution in [0.15, 0.2) is 0 Å². The Morgan fingerprint density at radius 2 is 1.94 bits per heavy atom. The highest BCUT2D eigenvalue weighted by atomic mass is 16.5. The summed E-state index contributed by atoms with van der Waals surface area (Å²) >= 11 is 0. The van der Waals surface area contributed by atoms with Gasteiger partial charge in [-0.25, -0.2) is 0 Å². The number of nitrogens with one attached hydrogen (secondary N) is 1. The Kier molecular flexibility index (Phi) is 4.95. The van der Waals surface area contributed by atoms with Crippen molar-refractivity contribution in [2.75, 3.05) is 26.2 Å². The second-order valence-corrected chi connectivity index (χ2v) is 5.88. The fraction of sp³-hybridized carbons (Fsp3) is 0.923. The number of carbonyl (C=O) groups is 1. The van der Waals surface area contributed by atoms with E-state index in [0.29, 0.717) is 5.92 Å². The molecule has 1 rings (SSSR count). The summed E-state index contributed by atoms with van der Waals surface area (Å²) in [6.07, 6.45) is 0. The van der Waals surface area contributed by atoms with Gasteiger partial charge in [0.05, 0.1) is 5.60 Å². The maximum atomic E-state index is 12.1. The molecule has 0 saturated carbocycles. The zero-order valence-corrected chi connectivity index (χ0v) is 11.7. The SMILES string of the molecule is CC(C)CN(C(=O)COC1(C)CNC1)C(C)C. The Morgan fingerprint density at radius 1 is 1.35 bits per heavy atom. The first-order valence-corrected chi connectivity index (χ1v) is 6.48. The second-order valence-electron chi connectivity index (χ2n) is 5.88. The Hall–Kier alpha value is -0.610. The van der Waals surface area contributed by atoms with Crippen molar-refractivity contribution in [1.82, 2.24) is 10.2 Å². The van der Waals surface area contributed by atoms with Crippen molar-refractivity contribution in [3.8, 4) is 0 Å². The molecule has 0 aromatic carbocycles. The summed E-state index contributed by atoms with van der Waals surface area (Å²) in [5.74, 6) is 0.587. The van der Waals surface area contributed by atoms with Crippen LogP contribution < -0.4 is 5.32 Å². The average Bonchev–Trinajstić information content (AvgIpc) is 2.19. The molecule has 0 bridgehead atoms. The van der Waals surface area contributed by atoms with Gasteiger partial charge >= 0.3 is 0 Å². The fourth-order valence-corrected chi connectivity index (χ4v) is 1.89. The van der Waals surface area contributed by atoms with E-state index in [9.17, 15) is 4.79 Å². The number of amides is 1. The molecule has 1 saturated heterocycles. The van der Waals surface area contributed by atoms with E-state index in [4.69, 9.17) is 4.74 Å². The van der Waals surface area contributed by atoms with E-state index in [-0.39, 0.29) is 24.2 Å². The van der Waals surface area contributed by atoms with Crippen LogP contribution in [0.1, 0.15) is 34.6 Å². The molecule has 1 amide bonds. The molecule has 0 atom stereocenters. The zero-order valence-electron chi connectivity index (χ0n) is 11.7. The Morgan fingerprint density at radius 3 is 2.29 bits per heavy atom. The topological polar surface area (TPSA) is 41.6 Å². The maximum absolute atomic E-state index is 12.1. The number of carbonyl (C=O) groups excluding carboxylic acids is 1. The normalized spacial score (nSPS) is 18.3. The number of rotatable bonds is 6. The van der Waals surface area contributed by atoms with Gasteiger partial charge in [0.2, 0.25) is 5.91 Å². The van der Waals surface area contributed by atoms with Crippen molar-refractivity contribution in [2.45, 2.75) is 46.3 Å². The minimum Gasteiger partial charge on any atom is -0.363 e. The molecule has 1 aliphatic heterocycles. The third-order valence-electron chi connectivity index (χ3n) is 3.05. The molecule has 0 radical (unpaired) electrons. The lowest BCUT2D eigenvalue weighted by atomic mass is 10.0. The van der Waals surface area contributed by atoms with Gasteiger partial charge in [0.1, 0.15) is 6.61 Å². The summed E-state index contributed by atoms with van der Waals surface area (Å²) in [4.78, 5) is 14.0. The molecule has 17 heavy (non-hydrogen) atoms. The van der Waals surface area contributed by atoms with E-state index in [2.05, 4.69) is 19.2 Å². The lowest BCUT2D eigenvalue weighted by Gasteiger charge is -2.39. The molecule has 0 spiro atoms. The van der Waals surface area contributed by atoms with E-state index in [1.165, 1.54) is 0 Å². The molecule has 1 aliphatic rings. The highest BCUT2D eigenvalue weighted by molar-refractivity contribution is 5.77. The molecule has 1 N–H and O–H groups in total. The van der Waals surface area contributed by atoms with E-state index >= 15 is 0 Å². The lowest BCUT2D eigenvalue weighted by Crippen LogP contribution is -2.60. The number of ether oxygens (including phenoxy) is 1. The van der Waals surface area contributed by atoms with Crippen LogP contribution in [0.3, 0.4) is 0 Å². The minimum absolute atomic E-state index is 0.0989. The molecule has 0 unspecified atom stereocenters. The number of hydrogen-bond donors (Lipinski definition) is 1. The van der Waals surface area contributed by atoms with Gasteiger partial charge in [0.15, 0.2) is 0 Å². The van der Waals surface area contributed by atoms with E-state index in [1.807, 2.05) is 25.7 Å². The highest BCUT2D eigenvalue weighted by Gasteiger charge is 2.33. The van der Waals surface area contributed by atoms with Crippen LogP contribution in [0.25, 0.3) is 0 Å². The van der Waals surface area contributed by atoms with E-state index < -0.39 is 0 Å². The smallest absolute Gasteiger partial charge is 0.248 e. The first-order chi connectivity index (χ1) is 7.84. The van der Waals surface area contributed by atoms with Crippen molar-refractivity contribution in [2.24, 2.45) is 5.92 Å². The predicted molar refractivity (Wildman–Crippen MR) is 68.9 cm³/mol. The van der Waals surface area contributed by atoms with Gasteiger partial charge in [-0.1, -0.05) is 13.8 Å². The molecule has 1 fully saturated rings. The monoisotopic (exact) mass is 242 g/mol. The van der Waals surface area contributed by atoms with Crippen LogP contribution in [0.4, 0.5) is 0 Å². The van der Waals surface area contributed by atoms with Crippen LogP contribution >= 0.6 is 0 Å². The fourth-order valence-electron chi connectivity index (χ4n) is 1.89. The van der Waals surface area contributed by atoms with Crippen LogP contribution in [-0.4, -0.2) is 48.7 Å². The molecular formula is C13H26N2O2. The predicted octanol–water partition coefficient (Wildman–Crippen LogP) is 1.26. The van der Waals surface area contributed by atoms with Gasteiger partial charge in [-0.15, -0.1) is 0 Å². The first-order valence-electron chi connectivity index (χ1n) is 6.48. The van der Waals surface area contributed by atoms with Crippen molar-refractivity contribution in [1.29, 1.82) is 0 Å². The summed E-state index contributed by atoms with van der Waals surface area (Å²) < 4.78 is 5.69. The van der Waals surface area contributed by atoms with Gasteiger partial charge in [0.25, 0.3) is 0 Å². The number of nitrogens with zero attached hydrogens (tertiary/aromatic N) is 1. The van der Waals surface area contributed by atoms with Crippen molar-refractivity contribution in [3.05, 3.63) is 0 Å². The Balaban J connectivity index is 2.41. The van der Waals surface area contributed by atoms with E-state index in [1.54, 1.807) is 0 Å². The van der Waals surface area contributed by atoms with Gasteiger partial charge in [-0.3, -0.25) is 4.79 Å². The molecule has 0 aromatic heterocycles. The summed E-state index contributed by atoms with van der Waals surface area (Å²) in [6.45, 7) is 13.1. The highest BCUT2D eigenvalue weighted by Crippen LogP contribution is 2.15. The molecule has 0 aliphatic carbocycles. The third-order valence-corrected chi connectivity index (χ3v) is 3.05. The average molecular weight is 242 g/mol.